The third-order valence-electron chi connectivity index (χ3n) is 2.98. The van der Waals surface area contributed by atoms with E-state index in [1.165, 1.54) is 5.56 Å². The molecule has 0 aliphatic heterocycles. The van der Waals surface area contributed by atoms with E-state index in [2.05, 4.69) is 27.4 Å². The minimum Gasteiger partial charge on any atom is -0.494 e. The number of nitrogens with zero attached hydrogens (tertiary/aromatic N) is 1. The van der Waals surface area contributed by atoms with Crippen molar-refractivity contribution in [2.24, 2.45) is 0 Å². The number of carbonyl (C=O) groups excluding carboxylic acids is 1. The van der Waals surface area contributed by atoms with E-state index in [0.29, 0.717) is 13.2 Å². The molecule has 1 aromatic heterocycles. The van der Waals surface area contributed by atoms with Crippen LogP contribution in [0.4, 0.5) is 0 Å². The van der Waals surface area contributed by atoms with Gasteiger partial charge in [-0.15, -0.1) is 11.3 Å². The summed E-state index contributed by atoms with van der Waals surface area (Å²) in [7, 11) is 1.96. The highest BCUT2D eigenvalue weighted by atomic mass is 79.9. The Kier molecular flexibility index (Phi) is 5.96. The average Bonchev–Trinajstić information content (AvgIpc) is 2.85. The van der Waals surface area contributed by atoms with Gasteiger partial charge in [-0.1, -0.05) is 0 Å². The largest absolute Gasteiger partial charge is 0.494 e. The summed E-state index contributed by atoms with van der Waals surface area (Å²) in [5, 5.41) is 2.10. The molecule has 2 rings (SSSR count). The van der Waals surface area contributed by atoms with Gasteiger partial charge in [-0.3, -0.25) is 9.69 Å². The van der Waals surface area contributed by atoms with Crippen molar-refractivity contribution in [3.8, 4) is 5.75 Å². The molecule has 0 amide bonds. The first-order valence-corrected chi connectivity index (χ1v) is 8.43. The molecule has 0 spiro atoms. The van der Waals surface area contributed by atoms with E-state index >= 15 is 0 Å². The molecule has 1 aromatic carbocycles. The molecule has 0 aliphatic carbocycles. The highest BCUT2D eigenvalue weighted by Gasteiger charge is 2.10. The fourth-order valence-electron chi connectivity index (χ4n) is 2.04. The van der Waals surface area contributed by atoms with Gasteiger partial charge in [-0.05, 0) is 71.2 Å². The molecule has 0 saturated carbocycles. The predicted molar refractivity (Wildman–Crippen MR) is 90.3 cm³/mol. The van der Waals surface area contributed by atoms with Gasteiger partial charge in [0, 0.05) is 12.1 Å². The zero-order valence-corrected chi connectivity index (χ0v) is 14.5. The Bertz CT molecular complexity index is 595. The van der Waals surface area contributed by atoms with Gasteiger partial charge in [-0.2, -0.15) is 0 Å². The zero-order valence-electron chi connectivity index (χ0n) is 12.1. The molecule has 0 atom stereocenters. The third-order valence-corrected chi connectivity index (χ3v) is 4.53. The molecular weight excluding hydrogens is 350 g/mol. The van der Waals surface area contributed by atoms with E-state index < -0.39 is 0 Å². The second kappa shape index (κ2) is 7.73. The molecule has 0 bridgehead atoms. The lowest BCUT2D eigenvalue weighted by atomic mass is 10.1. The second-order valence-corrected chi connectivity index (χ2v) is 7.10. The van der Waals surface area contributed by atoms with E-state index in [1.54, 1.807) is 11.3 Å². The Morgan fingerprint density at radius 2 is 2.05 bits per heavy atom. The molecule has 0 saturated heterocycles. The van der Waals surface area contributed by atoms with Crippen molar-refractivity contribution in [2.45, 2.75) is 13.5 Å². The van der Waals surface area contributed by atoms with Crippen LogP contribution in [0.3, 0.4) is 0 Å². The summed E-state index contributed by atoms with van der Waals surface area (Å²) < 4.78 is 6.49. The van der Waals surface area contributed by atoms with Crippen molar-refractivity contribution in [3.05, 3.63) is 50.6 Å². The van der Waals surface area contributed by atoms with Gasteiger partial charge in [0.15, 0.2) is 5.78 Å². The zero-order chi connectivity index (χ0) is 15.2. The summed E-state index contributed by atoms with van der Waals surface area (Å²) in [5.74, 6) is 0.917. The van der Waals surface area contributed by atoms with Crippen LogP contribution in [0.5, 0.6) is 5.75 Å². The van der Waals surface area contributed by atoms with Crippen LogP contribution in [-0.2, 0) is 6.54 Å². The number of rotatable bonds is 7. The monoisotopic (exact) mass is 367 g/mol. The normalized spacial score (nSPS) is 10.9. The van der Waals surface area contributed by atoms with E-state index in [-0.39, 0.29) is 5.78 Å². The number of halogens is 1. The fraction of sp³-hybridized carbons (Fsp3) is 0.312. The second-order valence-electron chi connectivity index (χ2n) is 4.81. The number of thiophene rings is 1. The Morgan fingerprint density at radius 1 is 1.33 bits per heavy atom. The maximum absolute atomic E-state index is 12.2. The van der Waals surface area contributed by atoms with Gasteiger partial charge in [-0.25, -0.2) is 0 Å². The first-order chi connectivity index (χ1) is 10.1. The molecule has 112 valence electrons. The number of hydrogen-bond acceptors (Lipinski definition) is 4. The Labute approximate surface area is 137 Å². The van der Waals surface area contributed by atoms with Crippen molar-refractivity contribution in [1.29, 1.82) is 0 Å². The van der Waals surface area contributed by atoms with Crippen molar-refractivity contribution < 1.29 is 9.53 Å². The number of Topliss-reactive ketones (excluding diaryl/α,β-unsaturated/α-hetero) is 1. The first kappa shape index (κ1) is 16.2. The number of likely N-dealkylation sites (N-methyl/N-ethyl adjacent to an activating group) is 1. The lowest BCUT2D eigenvalue weighted by Gasteiger charge is -2.15. The standard InChI is InChI=1S/C16H18BrNO2S/c1-3-20-14-6-4-13(5-7-14)15(19)10-18(2)9-12-8-16(17)21-11-12/h4-8,11H,3,9-10H2,1-2H3. The highest BCUT2D eigenvalue weighted by molar-refractivity contribution is 9.11. The van der Waals surface area contributed by atoms with Crippen LogP contribution in [0, 0.1) is 0 Å². The van der Waals surface area contributed by atoms with Gasteiger partial charge in [0.1, 0.15) is 5.75 Å². The first-order valence-electron chi connectivity index (χ1n) is 6.76. The smallest absolute Gasteiger partial charge is 0.176 e. The molecule has 0 radical (unpaired) electrons. The van der Waals surface area contributed by atoms with Crippen LogP contribution in [0.25, 0.3) is 0 Å². The molecule has 0 unspecified atom stereocenters. The molecule has 1 heterocycles. The molecule has 0 N–H and O–H groups in total. The quantitative estimate of drug-likeness (QED) is 0.686. The topological polar surface area (TPSA) is 29.5 Å². The molecule has 0 aliphatic rings. The highest BCUT2D eigenvalue weighted by Crippen LogP contribution is 2.21. The molecule has 21 heavy (non-hydrogen) atoms. The summed E-state index contributed by atoms with van der Waals surface area (Å²) in [6, 6.07) is 9.41. The molecule has 0 fully saturated rings. The molecular formula is C16H18BrNO2S. The minimum atomic E-state index is 0.120. The Morgan fingerprint density at radius 3 is 2.62 bits per heavy atom. The summed E-state index contributed by atoms with van der Waals surface area (Å²) in [5.41, 5.74) is 1.94. The number of ether oxygens (including phenoxy) is 1. The van der Waals surface area contributed by atoms with Crippen molar-refractivity contribution in [1.82, 2.24) is 4.90 Å². The van der Waals surface area contributed by atoms with Crippen LogP contribution >= 0.6 is 27.3 Å². The van der Waals surface area contributed by atoms with Gasteiger partial charge < -0.3 is 4.74 Å². The summed E-state index contributed by atoms with van der Waals surface area (Å²) in [6.45, 7) is 3.75. The number of hydrogen-bond donors (Lipinski definition) is 0. The lowest BCUT2D eigenvalue weighted by molar-refractivity contribution is 0.0943. The maximum atomic E-state index is 12.2. The van der Waals surface area contributed by atoms with Gasteiger partial charge in [0.05, 0.1) is 16.9 Å². The van der Waals surface area contributed by atoms with Crippen LogP contribution in [0.2, 0.25) is 0 Å². The van der Waals surface area contributed by atoms with Gasteiger partial charge in [0.2, 0.25) is 0 Å². The van der Waals surface area contributed by atoms with Crippen molar-refractivity contribution in [3.63, 3.8) is 0 Å². The van der Waals surface area contributed by atoms with Gasteiger partial charge >= 0.3 is 0 Å². The lowest BCUT2D eigenvalue weighted by Crippen LogP contribution is -2.25. The summed E-state index contributed by atoms with van der Waals surface area (Å²) in [6.07, 6.45) is 0. The van der Waals surface area contributed by atoms with Gasteiger partial charge in [0.25, 0.3) is 0 Å². The Balaban J connectivity index is 1.90. The average molecular weight is 368 g/mol. The molecule has 5 heteroatoms. The van der Waals surface area contributed by atoms with Crippen LogP contribution < -0.4 is 4.74 Å². The third kappa shape index (κ3) is 4.95. The minimum absolute atomic E-state index is 0.120. The molecule has 2 aromatic rings. The summed E-state index contributed by atoms with van der Waals surface area (Å²) >= 11 is 5.11. The Hall–Kier alpha value is -1.17. The van der Waals surface area contributed by atoms with Crippen LogP contribution in [0.15, 0.2) is 39.5 Å². The fourth-order valence-corrected chi connectivity index (χ4v) is 3.24. The number of carbonyl (C=O) groups is 1. The van der Waals surface area contributed by atoms with Crippen molar-refractivity contribution >= 4 is 33.0 Å². The van der Waals surface area contributed by atoms with E-state index in [1.807, 2.05) is 43.1 Å². The van der Waals surface area contributed by atoms with E-state index in [9.17, 15) is 4.79 Å². The van der Waals surface area contributed by atoms with Crippen LogP contribution in [0.1, 0.15) is 22.8 Å². The van der Waals surface area contributed by atoms with E-state index in [0.717, 1.165) is 21.6 Å². The van der Waals surface area contributed by atoms with Crippen molar-refractivity contribution in [2.75, 3.05) is 20.2 Å². The summed E-state index contributed by atoms with van der Waals surface area (Å²) in [4.78, 5) is 14.3. The van der Waals surface area contributed by atoms with E-state index in [4.69, 9.17) is 4.74 Å². The van der Waals surface area contributed by atoms with Crippen LogP contribution in [-0.4, -0.2) is 30.9 Å². The molecule has 3 nitrogen and oxygen atoms in total. The number of benzene rings is 1. The predicted octanol–water partition coefficient (Wildman–Crippen LogP) is 4.22. The maximum Gasteiger partial charge on any atom is 0.176 e. The SMILES string of the molecule is CCOc1ccc(C(=O)CN(C)Cc2csc(Br)c2)cc1. The number of ketones is 1.